The van der Waals surface area contributed by atoms with Gasteiger partial charge in [-0.15, -0.1) is 0 Å². The van der Waals surface area contributed by atoms with Gasteiger partial charge in [-0.3, -0.25) is 123 Å². The minimum atomic E-state index is -4.92. The Kier molecular flexibility index (Phi) is 72.2. The van der Waals surface area contributed by atoms with Gasteiger partial charge in [-0.1, -0.05) is 0 Å². The average molecular weight is 1400 g/mol. The van der Waals surface area contributed by atoms with Crippen LogP contribution in [0.4, 0.5) is 0 Å². The topological polar surface area (TPSA) is 1050 Å². The Morgan fingerprint density at radius 3 is 0.141 bits per heavy atom. The molecule has 0 aliphatic rings. The fourth-order valence-electron chi connectivity index (χ4n) is 0. The molecule has 0 radical (unpaired) electrons. The van der Waals surface area contributed by atoms with Crippen LogP contribution in [0.25, 0.3) is 0 Å². The number of rotatable bonds is 0. The van der Waals surface area contributed by atoms with Gasteiger partial charge in [-0.2, -0.15) is 109 Å². The molecular weight excluding hydrogens is 1370 g/mol. The quantitative estimate of drug-likeness (QED) is 0.0608. The summed E-state index contributed by atoms with van der Waals surface area (Å²) in [5, 5.41) is 0. The molecule has 0 saturated heterocycles. The Morgan fingerprint density at radius 2 is 0.141 bits per heavy atom. The summed E-state index contributed by atoms with van der Waals surface area (Å²) in [5.74, 6) is 0. The van der Waals surface area contributed by atoms with Gasteiger partial charge in [0, 0.05) is 0 Å². The maximum absolute atomic E-state index is 8.74. The van der Waals surface area contributed by atoms with Crippen LogP contribution in [-0.2, 0) is 146 Å². The zero-order valence-electron chi connectivity index (χ0n) is 30.6. The molecule has 0 spiro atoms. The molecule has 0 aliphatic carbocycles. The van der Waals surface area contributed by atoms with Gasteiger partial charge in [0.1, 0.15) is 0 Å². The van der Waals surface area contributed by atoms with E-state index in [1.165, 1.54) is 0 Å². The zero-order valence-corrected chi connectivity index (χ0v) is 44.1. The van der Waals surface area contributed by atoms with Gasteiger partial charge in [-0.25, -0.2) is 8.42 Å². The number of hydrogen-bond donors (Lipinski definition) is 27. The summed E-state index contributed by atoms with van der Waals surface area (Å²) in [6, 6.07) is 0. The summed E-state index contributed by atoms with van der Waals surface area (Å²) in [4.78, 5) is 0. The third kappa shape index (κ3) is 464000. The van der Waals surface area contributed by atoms with Gasteiger partial charge >= 0.3 is 165 Å². The van der Waals surface area contributed by atoms with Crippen molar-refractivity contribution in [3.8, 4) is 0 Å². The number of hydrogen-bond acceptors (Lipinski definition) is 29. The molecule has 0 rings (SSSR count). The predicted octanol–water partition coefficient (Wildman–Crippen LogP) is -12.5. The SMILES string of the molecule is O=S(=O)(O)O.O=S(=O)(O)O.O=S(=O)(O)O.O=S(=O)(O)O.O=S(=O)(O)O.O=S(=O)(O)O.O=S(=O)(O)O.O=S(=O)(O)O.O=S(=O)(O)O.O=S(=O)(O)O.O=S(=O)(O)O.O=S(=O)(O)O.O=S(=O)(O)O.O=S(=O)([O-])O.[Na+]. The molecule has 0 aromatic rings. The monoisotopic (exact) mass is 1390 g/mol. The average Bonchev–Trinajstić information content (AvgIpc) is 2.60. The van der Waals surface area contributed by atoms with E-state index in [-0.39, 0.29) is 29.6 Å². The molecule has 0 fully saturated rings. The van der Waals surface area contributed by atoms with Crippen molar-refractivity contribution < 1.29 is 275 Å². The van der Waals surface area contributed by atoms with E-state index in [4.69, 9.17) is 245 Å². The van der Waals surface area contributed by atoms with Crippen LogP contribution >= 0.6 is 0 Å². The summed E-state index contributed by atoms with van der Waals surface area (Å²) < 4.78 is 443. The molecule has 0 unspecified atom stereocenters. The van der Waals surface area contributed by atoms with Crippen LogP contribution in [0, 0.1) is 0 Å². The zero-order chi connectivity index (χ0) is 63.0. The van der Waals surface area contributed by atoms with Crippen LogP contribution in [-0.4, -0.2) is 245 Å². The second-order valence-corrected chi connectivity index (χ2v) is 18.7. The van der Waals surface area contributed by atoms with Gasteiger partial charge in [0.05, 0.1) is 0 Å². The van der Waals surface area contributed by atoms with E-state index in [2.05, 4.69) is 0 Å². The second kappa shape index (κ2) is 46.5. The molecule has 0 aromatic heterocycles. The van der Waals surface area contributed by atoms with Crippen LogP contribution in [0.1, 0.15) is 0 Å². The van der Waals surface area contributed by atoms with Crippen molar-refractivity contribution in [1.29, 1.82) is 0 Å². The van der Waals surface area contributed by atoms with Crippen LogP contribution in [0.3, 0.4) is 0 Å². The molecule has 0 saturated carbocycles. The first-order valence-corrected chi connectivity index (χ1v) is 29.3. The fourth-order valence-corrected chi connectivity index (χ4v) is 0. The smallest absolute Gasteiger partial charge is 0.726 e. The maximum Gasteiger partial charge on any atom is 1.00 e. The van der Waals surface area contributed by atoms with Crippen LogP contribution < -0.4 is 29.6 Å². The molecule has 71 heavy (non-hydrogen) atoms. The molecule has 0 bridgehead atoms. The van der Waals surface area contributed by atoms with Crippen molar-refractivity contribution in [2.75, 3.05) is 0 Å². The van der Waals surface area contributed by atoms with Gasteiger partial charge in [-0.05, 0) is 0 Å². The van der Waals surface area contributed by atoms with Crippen LogP contribution in [0.5, 0.6) is 0 Å². The summed E-state index contributed by atoms with van der Waals surface area (Å²) in [5.41, 5.74) is 0. The molecule has 0 aromatic carbocycles. The summed E-state index contributed by atoms with van der Waals surface area (Å²) >= 11 is 0. The van der Waals surface area contributed by atoms with E-state index >= 15 is 0 Å². The van der Waals surface area contributed by atoms with E-state index in [0.29, 0.717) is 0 Å². The molecule has 0 atom stereocenters. The third-order valence-electron chi connectivity index (χ3n) is 0. The van der Waals surface area contributed by atoms with Crippen LogP contribution in [0.2, 0.25) is 0 Å². The van der Waals surface area contributed by atoms with Gasteiger partial charge in [0.25, 0.3) is 0 Å². The van der Waals surface area contributed by atoms with Crippen molar-refractivity contribution in [2.24, 2.45) is 0 Å². The Hall–Kier alpha value is -0.820. The van der Waals surface area contributed by atoms with Crippen molar-refractivity contribution in [1.82, 2.24) is 0 Å². The van der Waals surface area contributed by atoms with Crippen molar-refractivity contribution >= 4 is 146 Å². The molecular formula is H27NaO56S14. The van der Waals surface area contributed by atoms with Crippen molar-refractivity contribution in [2.45, 2.75) is 0 Å². The molecule has 0 heterocycles. The predicted molar refractivity (Wildman–Crippen MR) is 197 cm³/mol. The molecule has 448 valence electrons. The first kappa shape index (κ1) is 110. The van der Waals surface area contributed by atoms with Crippen LogP contribution in [0.15, 0.2) is 0 Å². The first-order valence-electron chi connectivity index (χ1n) is 9.76. The van der Waals surface area contributed by atoms with Crippen molar-refractivity contribution in [3.63, 3.8) is 0 Å². The van der Waals surface area contributed by atoms with E-state index < -0.39 is 146 Å². The molecule has 27 N–H and O–H groups in total. The molecule has 71 heteroatoms. The minimum Gasteiger partial charge on any atom is -0.726 e. The summed E-state index contributed by atoms with van der Waals surface area (Å²) in [7, 11) is -65.6. The van der Waals surface area contributed by atoms with E-state index in [0.717, 1.165) is 0 Å². The molecule has 56 nitrogen and oxygen atoms in total. The Morgan fingerprint density at radius 1 is 0.141 bits per heavy atom. The van der Waals surface area contributed by atoms with Gasteiger partial charge in [0.2, 0.25) is 10.4 Å². The minimum absolute atomic E-state index is 0. The largest absolute Gasteiger partial charge is 1.00 e. The fraction of sp³-hybridized carbons (Fsp3) is 0. The van der Waals surface area contributed by atoms with E-state index in [1.807, 2.05) is 0 Å². The summed E-state index contributed by atoms with van der Waals surface area (Å²) in [6.07, 6.45) is 0. The Bertz CT molecular complexity index is 2020. The molecule has 0 amide bonds. The summed E-state index contributed by atoms with van der Waals surface area (Å²) in [6.45, 7) is 0. The van der Waals surface area contributed by atoms with E-state index in [1.54, 1.807) is 0 Å². The maximum atomic E-state index is 8.74. The third-order valence-corrected chi connectivity index (χ3v) is 0. The van der Waals surface area contributed by atoms with Gasteiger partial charge in [0.15, 0.2) is 0 Å². The normalized spacial score (nSPS) is 11.4. The standard InChI is InChI=1S/Na.14H2O4S/c;14*1-5(2,3)4/h;14*(H2,1,2,3,4)/q+1;;;;;;;;;;;;;;/p-1. The molecule has 0 aliphatic heterocycles. The second-order valence-electron chi connectivity index (χ2n) is 6.25. The van der Waals surface area contributed by atoms with Crippen molar-refractivity contribution in [3.05, 3.63) is 0 Å². The van der Waals surface area contributed by atoms with E-state index in [9.17, 15) is 0 Å². The van der Waals surface area contributed by atoms with Gasteiger partial charge < -0.3 is 4.55 Å². The Balaban J connectivity index is -0.0000000366. The first-order chi connectivity index (χ1) is 28.0. The Labute approximate surface area is 417 Å².